The topological polar surface area (TPSA) is 59.6 Å². The van der Waals surface area contributed by atoms with Crippen molar-refractivity contribution in [1.29, 1.82) is 0 Å². The Labute approximate surface area is 55.1 Å². The van der Waals surface area contributed by atoms with Crippen LogP contribution in [0.5, 0.6) is 0 Å². The molecule has 0 aliphatic carbocycles. The molecule has 0 aromatic carbocycles. The normalized spacial score (nSPS) is 15.3. The number of hydrogen-bond donors (Lipinski definition) is 2. The second-order valence-corrected chi connectivity index (χ2v) is 1.63. The van der Waals surface area contributed by atoms with Gasteiger partial charge in [0.05, 0.1) is 0 Å². The number of hydrogen-bond acceptors (Lipinski definition) is 3. The van der Waals surface area contributed by atoms with E-state index in [-0.39, 0.29) is 6.10 Å². The van der Waals surface area contributed by atoms with Crippen LogP contribution in [0.4, 0.5) is 0 Å². The molecule has 0 fully saturated rings. The predicted octanol–water partition coefficient (Wildman–Crippen LogP) is -0.487. The van der Waals surface area contributed by atoms with Crippen molar-refractivity contribution in [2.75, 3.05) is 14.2 Å². The van der Waals surface area contributed by atoms with Crippen LogP contribution in [0.1, 0.15) is 6.92 Å². The van der Waals surface area contributed by atoms with Gasteiger partial charge in [0.25, 0.3) is 0 Å². The fourth-order valence-corrected chi connectivity index (χ4v) is 0.475. The molecule has 0 saturated heterocycles. The van der Waals surface area contributed by atoms with Crippen LogP contribution in [-0.2, 0) is 4.74 Å². The first-order valence-electron chi connectivity index (χ1n) is 2.72. The van der Waals surface area contributed by atoms with Gasteiger partial charge in [-0.3, -0.25) is 4.99 Å². The zero-order chi connectivity index (χ0) is 7.28. The standard InChI is InChI=1S/C5H13N3O/c1-4(9-3)5(7-2)8-6/h4H,6H2,1-3H3,(H,7,8). The summed E-state index contributed by atoms with van der Waals surface area (Å²) in [6.07, 6.45) is -0.0556. The quantitative estimate of drug-likeness (QED) is 0.230. The molecule has 1 unspecified atom stereocenters. The number of nitrogens with two attached hydrogens (primary N) is 1. The van der Waals surface area contributed by atoms with Gasteiger partial charge in [0.1, 0.15) is 11.9 Å². The highest BCUT2D eigenvalue weighted by Crippen LogP contribution is 1.86. The largest absolute Gasteiger partial charge is 0.374 e. The fourth-order valence-electron chi connectivity index (χ4n) is 0.475. The summed E-state index contributed by atoms with van der Waals surface area (Å²) in [5.41, 5.74) is 2.43. The smallest absolute Gasteiger partial charge is 0.139 e. The third kappa shape index (κ3) is 2.43. The van der Waals surface area contributed by atoms with E-state index in [2.05, 4.69) is 10.4 Å². The van der Waals surface area contributed by atoms with E-state index >= 15 is 0 Å². The molecule has 0 aliphatic heterocycles. The predicted molar refractivity (Wildman–Crippen MR) is 37.2 cm³/mol. The molecule has 3 N–H and O–H groups in total. The van der Waals surface area contributed by atoms with Crippen LogP contribution in [0, 0.1) is 0 Å². The Bertz CT molecular complexity index is 102. The van der Waals surface area contributed by atoms with Crippen molar-refractivity contribution in [1.82, 2.24) is 5.43 Å². The van der Waals surface area contributed by atoms with Gasteiger partial charge in [-0.15, -0.1) is 0 Å². The second-order valence-electron chi connectivity index (χ2n) is 1.63. The van der Waals surface area contributed by atoms with Crippen LogP contribution in [-0.4, -0.2) is 26.1 Å². The van der Waals surface area contributed by atoms with Crippen LogP contribution in [0.2, 0.25) is 0 Å². The maximum atomic E-state index is 5.10. The first-order chi connectivity index (χ1) is 4.26. The average molecular weight is 131 g/mol. The van der Waals surface area contributed by atoms with Gasteiger partial charge in [-0.25, -0.2) is 5.84 Å². The van der Waals surface area contributed by atoms with E-state index in [9.17, 15) is 0 Å². The summed E-state index contributed by atoms with van der Waals surface area (Å²) in [6, 6.07) is 0. The third-order valence-corrected chi connectivity index (χ3v) is 1.13. The lowest BCUT2D eigenvalue weighted by Crippen LogP contribution is -2.38. The average Bonchev–Trinajstić information content (AvgIpc) is 1.90. The molecule has 0 bridgehead atoms. The summed E-state index contributed by atoms with van der Waals surface area (Å²) >= 11 is 0. The van der Waals surface area contributed by atoms with Gasteiger partial charge in [0.2, 0.25) is 0 Å². The number of nitrogens with zero attached hydrogens (tertiary/aromatic N) is 1. The highest BCUT2D eigenvalue weighted by molar-refractivity contribution is 5.85. The van der Waals surface area contributed by atoms with Gasteiger partial charge in [-0.05, 0) is 6.92 Å². The molecule has 1 atom stereocenters. The Hall–Kier alpha value is -0.610. The molecular formula is C5H13N3O. The van der Waals surface area contributed by atoms with Crippen LogP contribution >= 0.6 is 0 Å². The minimum Gasteiger partial charge on any atom is -0.374 e. The zero-order valence-corrected chi connectivity index (χ0v) is 6.01. The molecule has 0 aromatic heterocycles. The van der Waals surface area contributed by atoms with Crippen LogP contribution in [0.25, 0.3) is 0 Å². The highest BCUT2D eigenvalue weighted by atomic mass is 16.5. The molecule has 4 nitrogen and oxygen atoms in total. The Morgan fingerprint density at radius 1 is 1.78 bits per heavy atom. The Morgan fingerprint density at radius 3 is 2.44 bits per heavy atom. The Kier molecular flexibility index (Phi) is 4.00. The van der Waals surface area contributed by atoms with Gasteiger partial charge >= 0.3 is 0 Å². The number of aliphatic imine (C=N–C) groups is 1. The minimum absolute atomic E-state index is 0.0556. The van der Waals surface area contributed by atoms with Gasteiger partial charge in [0, 0.05) is 14.2 Å². The maximum absolute atomic E-state index is 5.10. The van der Waals surface area contributed by atoms with E-state index < -0.39 is 0 Å². The van der Waals surface area contributed by atoms with E-state index in [4.69, 9.17) is 10.6 Å². The fraction of sp³-hybridized carbons (Fsp3) is 0.800. The van der Waals surface area contributed by atoms with Crippen molar-refractivity contribution >= 4 is 5.84 Å². The summed E-state index contributed by atoms with van der Waals surface area (Å²) in [4.78, 5) is 3.83. The minimum atomic E-state index is -0.0556. The second kappa shape index (κ2) is 4.29. The Balaban J connectivity index is 3.80. The molecule has 0 radical (unpaired) electrons. The molecule has 0 rings (SSSR count). The molecule has 0 heterocycles. The van der Waals surface area contributed by atoms with Crippen molar-refractivity contribution in [3.8, 4) is 0 Å². The number of methoxy groups -OCH3 is 1. The maximum Gasteiger partial charge on any atom is 0.139 e. The van der Waals surface area contributed by atoms with Crippen molar-refractivity contribution in [3.05, 3.63) is 0 Å². The van der Waals surface area contributed by atoms with Crippen LogP contribution < -0.4 is 11.3 Å². The lowest BCUT2D eigenvalue weighted by molar-refractivity contribution is 0.167. The molecule has 4 heteroatoms. The summed E-state index contributed by atoms with van der Waals surface area (Å²) in [6.45, 7) is 1.86. The first kappa shape index (κ1) is 8.39. The summed E-state index contributed by atoms with van der Waals surface area (Å²) < 4.78 is 4.92. The zero-order valence-electron chi connectivity index (χ0n) is 6.01. The van der Waals surface area contributed by atoms with Gasteiger partial charge in [-0.2, -0.15) is 0 Å². The monoisotopic (exact) mass is 131 g/mol. The number of nitrogens with one attached hydrogen (secondary N) is 1. The summed E-state index contributed by atoms with van der Waals surface area (Å²) in [5, 5.41) is 0. The lowest BCUT2D eigenvalue weighted by atomic mass is 10.4. The van der Waals surface area contributed by atoms with E-state index in [1.807, 2.05) is 6.92 Å². The molecule has 0 spiro atoms. The van der Waals surface area contributed by atoms with Crippen molar-refractivity contribution in [3.63, 3.8) is 0 Å². The highest BCUT2D eigenvalue weighted by Gasteiger charge is 2.04. The number of ether oxygens (including phenoxy) is 1. The molecule has 54 valence electrons. The molecular weight excluding hydrogens is 118 g/mol. The first-order valence-corrected chi connectivity index (χ1v) is 2.72. The summed E-state index contributed by atoms with van der Waals surface area (Å²) in [7, 11) is 3.26. The molecule has 0 aromatic rings. The molecule has 0 aliphatic rings. The molecule has 0 saturated carbocycles. The number of rotatable bonds is 2. The number of amidine groups is 1. The van der Waals surface area contributed by atoms with Gasteiger partial charge < -0.3 is 10.2 Å². The lowest BCUT2D eigenvalue weighted by Gasteiger charge is -2.10. The van der Waals surface area contributed by atoms with Crippen molar-refractivity contribution < 1.29 is 4.74 Å². The van der Waals surface area contributed by atoms with Crippen LogP contribution in [0.3, 0.4) is 0 Å². The van der Waals surface area contributed by atoms with Crippen molar-refractivity contribution in [2.45, 2.75) is 13.0 Å². The van der Waals surface area contributed by atoms with Gasteiger partial charge in [0.15, 0.2) is 0 Å². The summed E-state index contributed by atoms with van der Waals surface area (Å²) in [5.74, 6) is 5.75. The van der Waals surface area contributed by atoms with E-state index in [1.54, 1.807) is 14.2 Å². The van der Waals surface area contributed by atoms with E-state index in [0.717, 1.165) is 0 Å². The number of hydrazine groups is 1. The SMILES string of the molecule is CN=C(NN)C(C)OC. The van der Waals surface area contributed by atoms with E-state index in [1.165, 1.54) is 0 Å². The molecule has 9 heavy (non-hydrogen) atoms. The third-order valence-electron chi connectivity index (χ3n) is 1.13. The molecule has 0 amide bonds. The van der Waals surface area contributed by atoms with Gasteiger partial charge in [-0.1, -0.05) is 0 Å². The Morgan fingerprint density at radius 2 is 2.33 bits per heavy atom. The van der Waals surface area contributed by atoms with Crippen molar-refractivity contribution in [2.24, 2.45) is 10.8 Å². The van der Waals surface area contributed by atoms with Crippen LogP contribution in [0.15, 0.2) is 4.99 Å². The van der Waals surface area contributed by atoms with E-state index in [0.29, 0.717) is 5.84 Å².